The van der Waals surface area contributed by atoms with Crippen LogP contribution in [0.5, 0.6) is 0 Å². The summed E-state index contributed by atoms with van der Waals surface area (Å²) < 4.78 is 0. The molecular formula is C26H50. The minimum absolute atomic E-state index is 0.285. The van der Waals surface area contributed by atoms with Crippen LogP contribution in [0.1, 0.15) is 109 Å². The Labute approximate surface area is 166 Å². The number of hydrogen-bond donors (Lipinski definition) is 0. The van der Waals surface area contributed by atoms with Crippen molar-refractivity contribution in [2.45, 2.75) is 109 Å². The normalized spacial score (nSPS) is 26.1. The molecule has 1 fully saturated rings. The smallest absolute Gasteiger partial charge is 0.0243 e. The molecule has 0 heteroatoms. The maximum absolute atomic E-state index is 4.00. The van der Waals surface area contributed by atoms with Crippen molar-refractivity contribution in [2.24, 2.45) is 44.8 Å². The predicted molar refractivity (Wildman–Crippen MR) is 119 cm³/mol. The first-order valence-electron chi connectivity index (χ1n) is 11.1. The summed E-state index contributed by atoms with van der Waals surface area (Å²) in [5, 5.41) is 0. The minimum atomic E-state index is 0.285. The van der Waals surface area contributed by atoms with Crippen LogP contribution in [-0.2, 0) is 0 Å². The lowest BCUT2D eigenvalue weighted by Crippen LogP contribution is -2.41. The molecule has 1 aliphatic carbocycles. The van der Waals surface area contributed by atoms with Crippen LogP contribution >= 0.6 is 0 Å². The Morgan fingerprint density at radius 1 is 1.00 bits per heavy atom. The highest BCUT2D eigenvalue weighted by Gasteiger charge is 2.60. The molecule has 0 aliphatic heterocycles. The van der Waals surface area contributed by atoms with Crippen molar-refractivity contribution in [3.05, 3.63) is 12.7 Å². The second kappa shape index (κ2) is 7.29. The molecule has 0 nitrogen and oxygen atoms in total. The SMILES string of the molecule is C=CCC(C)(C)C(C)(C)C(C)CC(C)(C)C1(C)CC1CC(C)(C)C(C)C. The fourth-order valence-electron chi connectivity index (χ4n) is 4.99. The molecule has 0 bridgehead atoms. The second-order valence-corrected chi connectivity index (χ2v) is 12.8. The molecule has 0 aromatic carbocycles. The predicted octanol–water partition coefficient (Wildman–Crippen LogP) is 8.77. The largest absolute Gasteiger partial charge is 0.103 e. The van der Waals surface area contributed by atoms with Gasteiger partial charge in [-0.15, -0.1) is 6.58 Å². The summed E-state index contributed by atoms with van der Waals surface area (Å²) in [7, 11) is 0. The zero-order valence-corrected chi connectivity index (χ0v) is 20.3. The molecule has 0 aromatic rings. The summed E-state index contributed by atoms with van der Waals surface area (Å²) in [6, 6.07) is 0. The van der Waals surface area contributed by atoms with Gasteiger partial charge in [-0.25, -0.2) is 0 Å². The Morgan fingerprint density at radius 2 is 1.50 bits per heavy atom. The molecule has 0 spiro atoms. The highest BCUT2D eigenvalue weighted by atomic mass is 14.6. The van der Waals surface area contributed by atoms with E-state index in [0.29, 0.717) is 27.6 Å². The third kappa shape index (κ3) is 4.41. The summed E-state index contributed by atoms with van der Waals surface area (Å²) in [4.78, 5) is 0. The number of rotatable bonds is 10. The van der Waals surface area contributed by atoms with Gasteiger partial charge < -0.3 is 0 Å². The van der Waals surface area contributed by atoms with Gasteiger partial charge in [0.05, 0.1) is 0 Å². The first kappa shape index (κ1) is 23.8. The Hall–Kier alpha value is -0.260. The van der Waals surface area contributed by atoms with Crippen molar-refractivity contribution in [2.75, 3.05) is 0 Å². The van der Waals surface area contributed by atoms with Gasteiger partial charge in [-0.2, -0.15) is 0 Å². The van der Waals surface area contributed by atoms with Crippen molar-refractivity contribution in [1.29, 1.82) is 0 Å². The van der Waals surface area contributed by atoms with Gasteiger partial charge in [-0.1, -0.05) is 89.2 Å². The van der Waals surface area contributed by atoms with Gasteiger partial charge in [0.25, 0.3) is 0 Å². The average molecular weight is 363 g/mol. The van der Waals surface area contributed by atoms with E-state index in [1.807, 2.05) is 0 Å². The van der Waals surface area contributed by atoms with Gasteiger partial charge in [0.1, 0.15) is 0 Å². The van der Waals surface area contributed by atoms with E-state index >= 15 is 0 Å². The van der Waals surface area contributed by atoms with Gasteiger partial charge in [-0.05, 0) is 70.5 Å². The first-order chi connectivity index (χ1) is 11.4. The van der Waals surface area contributed by atoms with E-state index in [4.69, 9.17) is 0 Å². The number of hydrogen-bond acceptors (Lipinski definition) is 0. The maximum atomic E-state index is 4.00. The van der Waals surface area contributed by atoms with Crippen molar-refractivity contribution in [3.63, 3.8) is 0 Å². The van der Waals surface area contributed by atoms with Crippen LogP contribution in [0.3, 0.4) is 0 Å². The summed E-state index contributed by atoms with van der Waals surface area (Å²) in [6.45, 7) is 33.7. The molecule has 26 heavy (non-hydrogen) atoms. The highest BCUT2D eigenvalue weighted by molar-refractivity contribution is 5.09. The molecule has 1 aliphatic rings. The molecule has 154 valence electrons. The third-order valence-electron chi connectivity index (χ3n) is 9.74. The van der Waals surface area contributed by atoms with Crippen LogP contribution in [0.25, 0.3) is 0 Å². The number of allylic oxidation sites excluding steroid dienone is 1. The van der Waals surface area contributed by atoms with Gasteiger partial charge in [0.2, 0.25) is 0 Å². The Kier molecular flexibility index (Phi) is 6.67. The molecule has 1 rings (SSSR count). The summed E-state index contributed by atoms with van der Waals surface area (Å²) in [6.07, 6.45) is 7.30. The summed E-state index contributed by atoms with van der Waals surface area (Å²) in [5.41, 5.74) is 1.94. The van der Waals surface area contributed by atoms with Crippen molar-refractivity contribution in [3.8, 4) is 0 Å². The molecule has 0 heterocycles. The van der Waals surface area contributed by atoms with E-state index in [1.165, 1.54) is 19.3 Å². The van der Waals surface area contributed by atoms with Crippen molar-refractivity contribution >= 4 is 0 Å². The minimum Gasteiger partial charge on any atom is -0.103 e. The van der Waals surface area contributed by atoms with E-state index in [9.17, 15) is 0 Å². The Morgan fingerprint density at radius 3 is 1.92 bits per heavy atom. The highest BCUT2D eigenvalue weighted by Crippen LogP contribution is 2.68. The fourth-order valence-corrected chi connectivity index (χ4v) is 4.99. The molecule has 0 amide bonds. The van der Waals surface area contributed by atoms with Gasteiger partial charge in [0.15, 0.2) is 0 Å². The van der Waals surface area contributed by atoms with Crippen LogP contribution in [0.4, 0.5) is 0 Å². The molecule has 3 atom stereocenters. The van der Waals surface area contributed by atoms with E-state index in [1.54, 1.807) is 0 Å². The van der Waals surface area contributed by atoms with Crippen molar-refractivity contribution < 1.29 is 0 Å². The molecular weight excluding hydrogens is 312 g/mol. The molecule has 0 radical (unpaired) electrons. The Bertz CT molecular complexity index is 488. The molecule has 1 saturated carbocycles. The Balaban J connectivity index is 2.88. The van der Waals surface area contributed by atoms with Crippen LogP contribution in [0, 0.1) is 44.8 Å². The monoisotopic (exact) mass is 362 g/mol. The van der Waals surface area contributed by atoms with Crippen LogP contribution in [0.2, 0.25) is 0 Å². The lowest BCUT2D eigenvalue weighted by molar-refractivity contribution is 0.00819. The third-order valence-corrected chi connectivity index (χ3v) is 9.74. The van der Waals surface area contributed by atoms with E-state index in [2.05, 4.69) is 95.7 Å². The van der Waals surface area contributed by atoms with E-state index in [0.717, 1.165) is 18.3 Å². The fraction of sp³-hybridized carbons (Fsp3) is 0.923. The summed E-state index contributed by atoms with van der Waals surface area (Å²) >= 11 is 0. The van der Waals surface area contributed by atoms with E-state index < -0.39 is 0 Å². The van der Waals surface area contributed by atoms with Crippen LogP contribution in [-0.4, -0.2) is 0 Å². The zero-order chi connectivity index (χ0) is 20.8. The standard InChI is InChI=1S/C26H50/c1-14-15-23(7,8)25(11,12)20(4)16-24(9,10)26(13)18-21(26)17-22(5,6)19(2)3/h14,19-21H,1,15-18H2,2-13H3. The van der Waals surface area contributed by atoms with Crippen LogP contribution < -0.4 is 0 Å². The first-order valence-corrected chi connectivity index (χ1v) is 11.1. The quantitative estimate of drug-likeness (QED) is 0.341. The lowest BCUT2D eigenvalue weighted by Gasteiger charge is -2.49. The molecule has 3 unspecified atom stereocenters. The van der Waals surface area contributed by atoms with Crippen LogP contribution in [0.15, 0.2) is 12.7 Å². The maximum Gasteiger partial charge on any atom is -0.0243 e. The summed E-state index contributed by atoms with van der Waals surface area (Å²) in [5.74, 6) is 2.35. The van der Waals surface area contributed by atoms with Gasteiger partial charge >= 0.3 is 0 Å². The lowest BCUT2D eigenvalue weighted by atomic mass is 9.56. The zero-order valence-electron chi connectivity index (χ0n) is 20.3. The molecule has 0 N–H and O–H groups in total. The molecule has 0 aromatic heterocycles. The average Bonchev–Trinajstić information content (AvgIpc) is 3.09. The van der Waals surface area contributed by atoms with Gasteiger partial charge in [0, 0.05) is 0 Å². The van der Waals surface area contributed by atoms with E-state index in [-0.39, 0.29) is 5.41 Å². The molecule has 0 saturated heterocycles. The van der Waals surface area contributed by atoms with Gasteiger partial charge in [-0.3, -0.25) is 0 Å². The van der Waals surface area contributed by atoms with Crippen molar-refractivity contribution in [1.82, 2.24) is 0 Å². The second-order valence-electron chi connectivity index (χ2n) is 12.8. The topological polar surface area (TPSA) is 0 Å².